The lowest BCUT2D eigenvalue weighted by Crippen LogP contribution is -2.21. The maximum Gasteiger partial charge on any atom is 0.159 e. The van der Waals surface area contributed by atoms with Gasteiger partial charge in [-0.3, -0.25) is 0 Å². The first-order valence-electron chi connectivity index (χ1n) is 7.93. The summed E-state index contributed by atoms with van der Waals surface area (Å²) in [5.74, 6) is 0.903. The lowest BCUT2D eigenvalue weighted by molar-refractivity contribution is -0.137. The second-order valence-electron chi connectivity index (χ2n) is 4.92. The molecule has 0 radical (unpaired) electrons. The normalized spacial score (nSPS) is 12.4. The van der Waals surface area contributed by atoms with E-state index >= 15 is 0 Å². The third-order valence-corrected chi connectivity index (χ3v) is 3.16. The predicted octanol–water partition coefficient (Wildman–Crippen LogP) is 4.07. The van der Waals surface area contributed by atoms with Gasteiger partial charge in [0.15, 0.2) is 6.29 Å². The first kappa shape index (κ1) is 17.8. The Kier molecular flexibility index (Phi) is 8.87. The fourth-order valence-electron chi connectivity index (χ4n) is 1.92. The molecule has 0 aliphatic heterocycles. The van der Waals surface area contributed by atoms with E-state index < -0.39 is 0 Å². The molecule has 4 heteroatoms. The van der Waals surface area contributed by atoms with Crippen LogP contribution < -0.4 is 10.1 Å². The summed E-state index contributed by atoms with van der Waals surface area (Å²) in [6, 6.07) is 8.06. The molecular weight excluding hydrogens is 266 g/mol. The van der Waals surface area contributed by atoms with E-state index in [1.165, 1.54) is 0 Å². The van der Waals surface area contributed by atoms with Crippen molar-refractivity contribution in [2.75, 3.05) is 25.1 Å². The van der Waals surface area contributed by atoms with Gasteiger partial charge in [0.05, 0.1) is 6.10 Å². The molecule has 0 spiro atoms. The third-order valence-electron chi connectivity index (χ3n) is 3.16. The molecule has 0 aliphatic rings. The monoisotopic (exact) mass is 295 g/mol. The van der Waals surface area contributed by atoms with Crippen molar-refractivity contribution < 1.29 is 14.2 Å². The summed E-state index contributed by atoms with van der Waals surface area (Å²) in [6.45, 7) is 10.3. The molecule has 0 aliphatic carbocycles. The molecule has 1 aromatic carbocycles. The lowest BCUT2D eigenvalue weighted by atomic mass is 10.2. The van der Waals surface area contributed by atoms with E-state index in [-0.39, 0.29) is 12.4 Å². The van der Waals surface area contributed by atoms with Crippen LogP contribution in [0.5, 0.6) is 5.75 Å². The predicted molar refractivity (Wildman–Crippen MR) is 87.0 cm³/mol. The molecule has 1 unspecified atom stereocenters. The van der Waals surface area contributed by atoms with Crippen LogP contribution in [0.15, 0.2) is 24.3 Å². The Morgan fingerprint density at radius 3 is 2.43 bits per heavy atom. The van der Waals surface area contributed by atoms with Crippen LogP contribution >= 0.6 is 0 Å². The van der Waals surface area contributed by atoms with Gasteiger partial charge in [-0.1, -0.05) is 13.0 Å². The molecule has 0 fully saturated rings. The summed E-state index contributed by atoms with van der Waals surface area (Å²) in [5, 5.41) is 3.38. The van der Waals surface area contributed by atoms with E-state index in [1.54, 1.807) is 0 Å². The molecule has 0 aromatic heterocycles. The molecule has 0 saturated heterocycles. The maximum absolute atomic E-state index is 5.82. The molecule has 1 rings (SSSR count). The first-order valence-corrected chi connectivity index (χ1v) is 7.93. The fourth-order valence-corrected chi connectivity index (χ4v) is 1.92. The van der Waals surface area contributed by atoms with Gasteiger partial charge in [-0.25, -0.2) is 0 Å². The van der Waals surface area contributed by atoms with E-state index in [1.807, 2.05) is 38.1 Å². The Bertz CT molecular complexity index is 378. The number of nitrogens with one attached hydrogen (secondary N) is 1. The van der Waals surface area contributed by atoms with Crippen LogP contribution in [-0.2, 0) is 9.47 Å². The summed E-state index contributed by atoms with van der Waals surface area (Å²) in [7, 11) is 0. The summed E-state index contributed by atoms with van der Waals surface area (Å²) in [4.78, 5) is 0. The number of hydrogen-bond donors (Lipinski definition) is 1. The SMILES string of the molecule is CCOC(CCNc1cccc(OC(C)CC)c1)OCC. The van der Waals surface area contributed by atoms with E-state index in [2.05, 4.69) is 19.2 Å². The second-order valence-corrected chi connectivity index (χ2v) is 4.92. The smallest absolute Gasteiger partial charge is 0.159 e. The van der Waals surface area contributed by atoms with Crippen LogP contribution in [0.1, 0.15) is 40.5 Å². The van der Waals surface area contributed by atoms with Crippen LogP contribution in [0, 0.1) is 0 Å². The standard InChI is InChI=1S/C17H29NO3/c1-5-14(4)21-16-10-8-9-15(13-16)18-12-11-17(19-6-2)20-7-3/h8-10,13-14,17-18H,5-7,11-12H2,1-4H3. The van der Waals surface area contributed by atoms with Crippen LogP contribution in [-0.4, -0.2) is 32.2 Å². The Morgan fingerprint density at radius 1 is 1.10 bits per heavy atom. The molecule has 21 heavy (non-hydrogen) atoms. The molecule has 4 nitrogen and oxygen atoms in total. The van der Waals surface area contributed by atoms with Gasteiger partial charge in [0.25, 0.3) is 0 Å². The molecule has 1 atom stereocenters. The summed E-state index contributed by atoms with van der Waals surface area (Å²) in [6.07, 6.45) is 1.92. The van der Waals surface area contributed by atoms with E-state index in [4.69, 9.17) is 14.2 Å². The highest BCUT2D eigenvalue weighted by molar-refractivity contribution is 5.48. The third kappa shape index (κ3) is 7.34. The number of benzene rings is 1. The molecule has 1 N–H and O–H groups in total. The number of rotatable bonds is 11. The molecular formula is C17H29NO3. The minimum absolute atomic E-state index is 0.132. The quantitative estimate of drug-likeness (QED) is 0.625. The van der Waals surface area contributed by atoms with Gasteiger partial charge in [-0.2, -0.15) is 0 Å². The molecule has 1 aromatic rings. The van der Waals surface area contributed by atoms with Gasteiger partial charge in [0.2, 0.25) is 0 Å². The topological polar surface area (TPSA) is 39.7 Å². The number of ether oxygens (including phenoxy) is 3. The Balaban J connectivity index is 2.42. The van der Waals surface area contributed by atoms with Crippen LogP contribution in [0.2, 0.25) is 0 Å². The van der Waals surface area contributed by atoms with Crippen molar-refractivity contribution in [2.45, 2.75) is 52.9 Å². The van der Waals surface area contributed by atoms with Crippen molar-refractivity contribution in [2.24, 2.45) is 0 Å². The average molecular weight is 295 g/mol. The highest BCUT2D eigenvalue weighted by Crippen LogP contribution is 2.19. The largest absolute Gasteiger partial charge is 0.491 e. The first-order chi connectivity index (χ1) is 10.2. The summed E-state index contributed by atoms with van der Waals surface area (Å²) in [5.41, 5.74) is 1.06. The van der Waals surface area contributed by atoms with E-state index in [0.717, 1.165) is 30.8 Å². The van der Waals surface area contributed by atoms with Crippen LogP contribution in [0.3, 0.4) is 0 Å². The molecule has 120 valence electrons. The highest BCUT2D eigenvalue weighted by atomic mass is 16.7. The summed E-state index contributed by atoms with van der Waals surface area (Å²) < 4.78 is 16.9. The molecule has 0 saturated carbocycles. The number of hydrogen-bond acceptors (Lipinski definition) is 4. The van der Waals surface area contributed by atoms with E-state index in [0.29, 0.717) is 13.2 Å². The van der Waals surface area contributed by atoms with Gasteiger partial charge < -0.3 is 19.5 Å². The van der Waals surface area contributed by atoms with Gasteiger partial charge in [-0.15, -0.1) is 0 Å². The van der Waals surface area contributed by atoms with Crippen molar-refractivity contribution in [3.05, 3.63) is 24.3 Å². The zero-order valence-electron chi connectivity index (χ0n) is 13.7. The molecule has 0 heterocycles. The van der Waals surface area contributed by atoms with Gasteiger partial charge in [0.1, 0.15) is 5.75 Å². The maximum atomic E-state index is 5.82. The lowest BCUT2D eigenvalue weighted by Gasteiger charge is -2.18. The van der Waals surface area contributed by atoms with E-state index in [9.17, 15) is 0 Å². The average Bonchev–Trinajstić information content (AvgIpc) is 2.48. The van der Waals surface area contributed by atoms with Crippen molar-refractivity contribution >= 4 is 5.69 Å². The van der Waals surface area contributed by atoms with Gasteiger partial charge >= 0.3 is 0 Å². The zero-order valence-corrected chi connectivity index (χ0v) is 13.7. The Labute approximate surface area is 128 Å². The number of anilines is 1. The van der Waals surface area contributed by atoms with Crippen LogP contribution in [0.4, 0.5) is 5.69 Å². The fraction of sp³-hybridized carbons (Fsp3) is 0.647. The minimum atomic E-state index is -0.132. The Hall–Kier alpha value is -1.26. The van der Waals surface area contributed by atoms with Crippen molar-refractivity contribution in [3.63, 3.8) is 0 Å². The van der Waals surface area contributed by atoms with Crippen molar-refractivity contribution in [1.29, 1.82) is 0 Å². The van der Waals surface area contributed by atoms with Crippen molar-refractivity contribution in [3.8, 4) is 5.75 Å². The highest BCUT2D eigenvalue weighted by Gasteiger charge is 2.07. The minimum Gasteiger partial charge on any atom is -0.491 e. The van der Waals surface area contributed by atoms with Crippen LogP contribution in [0.25, 0.3) is 0 Å². The zero-order chi connectivity index (χ0) is 15.5. The second kappa shape index (κ2) is 10.5. The van der Waals surface area contributed by atoms with Gasteiger partial charge in [-0.05, 0) is 39.3 Å². The van der Waals surface area contributed by atoms with Gasteiger partial charge in [0, 0.05) is 37.9 Å². The molecule has 0 amide bonds. The van der Waals surface area contributed by atoms with Crippen molar-refractivity contribution in [1.82, 2.24) is 0 Å². The molecule has 0 bridgehead atoms. The summed E-state index contributed by atoms with van der Waals surface area (Å²) >= 11 is 0. The Morgan fingerprint density at radius 2 is 1.81 bits per heavy atom.